The molecule has 176 valence electrons. The summed E-state index contributed by atoms with van der Waals surface area (Å²) in [4.78, 5) is 30.1. The van der Waals surface area contributed by atoms with E-state index in [1.807, 2.05) is 13.8 Å². The van der Waals surface area contributed by atoms with Crippen molar-refractivity contribution < 1.29 is 27.4 Å². The van der Waals surface area contributed by atoms with Gasteiger partial charge in [0.05, 0.1) is 10.6 Å². The number of hydrogen-bond donors (Lipinski definition) is 3. The van der Waals surface area contributed by atoms with E-state index in [4.69, 9.17) is 0 Å². The molecule has 3 aromatic rings. The number of benzene rings is 3. The van der Waals surface area contributed by atoms with Crippen molar-refractivity contribution in [3.05, 3.63) is 47.4 Å². The minimum atomic E-state index is -4.91. The molecule has 33 heavy (non-hydrogen) atoms. The van der Waals surface area contributed by atoms with Crippen LogP contribution in [0, 0.1) is 16.7 Å². The molecule has 1 aliphatic rings. The predicted molar refractivity (Wildman–Crippen MR) is 125 cm³/mol. The zero-order chi connectivity index (χ0) is 24.0. The second-order valence-corrected chi connectivity index (χ2v) is 11.6. The van der Waals surface area contributed by atoms with E-state index in [-0.39, 0.29) is 33.5 Å². The van der Waals surface area contributed by atoms with Gasteiger partial charge in [-0.3, -0.25) is 5.48 Å². The van der Waals surface area contributed by atoms with Crippen LogP contribution in [-0.4, -0.2) is 35.6 Å². The first-order valence-electron chi connectivity index (χ1n) is 10.3. The van der Waals surface area contributed by atoms with Gasteiger partial charge in [-0.1, -0.05) is 44.2 Å². The second kappa shape index (κ2) is 8.75. The fraction of sp³-hybridized carbons (Fsp3) is 0.333. The summed E-state index contributed by atoms with van der Waals surface area (Å²) in [5, 5.41) is 4.51. The first kappa shape index (κ1) is 23.7. The fourth-order valence-electron chi connectivity index (χ4n) is 4.56. The number of anilines is 1. The van der Waals surface area contributed by atoms with Gasteiger partial charge in [0.1, 0.15) is 5.69 Å². The molecule has 10 nitrogen and oxygen atoms in total. The summed E-state index contributed by atoms with van der Waals surface area (Å²) in [7, 11) is -8.76. The highest BCUT2D eigenvalue weighted by Gasteiger charge is 2.32. The van der Waals surface area contributed by atoms with Crippen LogP contribution in [0.25, 0.3) is 21.5 Å². The summed E-state index contributed by atoms with van der Waals surface area (Å²) in [6.45, 7) is 4.81. The molecule has 0 saturated carbocycles. The van der Waals surface area contributed by atoms with Gasteiger partial charge >= 0.3 is 7.82 Å². The molecule has 3 aromatic carbocycles. The Morgan fingerprint density at radius 3 is 2.24 bits per heavy atom. The van der Waals surface area contributed by atoms with Gasteiger partial charge in [0, 0.05) is 34.6 Å². The van der Waals surface area contributed by atoms with Crippen LogP contribution in [0.3, 0.4) is 0 Å². The highest BCUT2D eigenvalue weighted by molar-refractivity contribution is 7.89. The van der Waals surface area contributed by atoms with Crippen molar-refractivity contribution in [2.45, 2.75) is 25.2 Å². The smallest absolute Gasteiger partial charge is 0.301 e. The topological polar surface area (TPSA) is 146 Å². The van der Waals surface area contributed by atoms with E-state index in [1.54, 1.807) is 24.3 Å². The summed E-state index contributed by atoms with van der Waals surface area (Å²) in [6.07, 6.45) is 0.942. The molecule has 1 fully saturated rings. The maximum Gasteiger partial charge on any atom is 0.491 e. The van der Waals surface area contributed by atoms with Crippen molar-refractivity contribution in [3.63, 3.8) is 0 Å². The number of nitroso groups, excluding NO2 is 1. The number of sulfonamides is 1. The minimum absolute atomic E-state index is 0.00246. The third kappa shape index (κ3) is 4.65. The number of hydrogen-bond acceptors (Lipinski definition) is 7. The minimum Gasteiger partial charge on any atom is -0.301 e. The third-order valence-electron chi connectivity index (χ3n) is 5.80. The largest absolute Gasteiger partial charge is 0.491 e. The quantitative estimate of drug-likeness (QED) is 0.197. The molecule has 1 saturated heterocycles. The number of piperidine rings is 1. The van der Waals surface area contributed by atoms with Crippen molar-refractivity contribution in [1.82, 2.24) is 4.31 Å². The molecule has 3 N–H and O–H groups in total. The van der Waals surface area contributed by atoms with Crippen LogP contribution in [0.1, 0.15) is 20.3 Å². The summed E-state index contributed by atoms with van der Waals surface area (Å²) in [5.74, 6) is 0.431. The van der Waals surface area contributed by atoms with Gasteiger partial charge in [-0.15, -0.1) is 4.91 Å². The molecule has 0 bridgehead atoms. The predicted octanol–water partition coefficient (Wildman–Crippen LogP) is 4.49. The van der Waals surface area contributed by atoms with Crippen molar-refractivity contribution in [1.29, 1.82) is 0 Å². The van der Waals surface area contributed by atoms with Crippen molar-refractivity contribution in [3.8, 4) is 0 Å². The van der Waals surface area contributed by atoms with Crippen molar-refractivity contribution >= 4 is 50.8 Å². The van der Waals surface area contributed by atoms with Gasteiger partial charge < -0.3 is 9.79 Å². The van der Waals surface area contributed by atoms with Crippen LogP contribution in [0.4, 0.5) is 11.4 Å². The Bertz CT molecular complexity index is 1380. The zero-order valence-corrected chi connectivity index (χ0v) is 19.7. The van der Waals surface area contributed by atoms with E-state index in [0.29, 0.717) is 29.2 Å². The molecule has 2 atom stereocenters. The molecule has 4 rings (SSSR count). The van der Waals surface area contributed by atoms with Crippen LogP contribution in [0.2, 0.25) is 0 Å². The average molecular weight is 493 g/mol. The van der Waals surface area contributed by atoms with E-state index in [1.165, 1.54) is 22.5 Å². The van der Waals surface area contributed by atoms with Crippen LogP contribution in [0.15, 0.2) is 52.5 Å². The lowest BCUT2D eigenvalue weighted by molar-refractivity contribution is 0.222. The Morgan fingerprint density at radius 2 is 1.64 bits per heavy atom. The molecule has 12 heteroatoms. The highest BCUT2D eigenvalue weighted by atomic mass is 32.2. The summed E-state index contributed by atoms with van der Waals surface area (Å²) in [5.41, 5.74) is 2.49. The van der Waals surface area contributed by atoms with Crippen molar-refractivity contribution in [2.24, 2.45) is 17.0 Å². The molecule has 0 aromatic heterocycles. The van der Waals surface area contributed by atoms with E-state index in [2.05, 4.69) is 15.3 Å². The fourth-order valence-corrected chi connectivity index (χ4v) is 6.48. The summed E-state index contributed by atoms with van der Waals surface area (Å²) < 4.78 is 44.2. The summed E-state index contributed by atoms with van der Waals surface area (Å²) >= 11 is 0. The molecule has 2 unspecified atom stereocenters. The van der Waals surface area contributed by atoms with Crippen LogP contribution in [0.5, 0.6) is 0 Å². The van der Waals surface area contributed by atoms with E-state index >= 15 is 0 Å². The Kier molecular flexibility index (Phi) is 6.30. The Balaban J connectivity index is 1.94. The normalized spacial score (nSPS) is 20.2. The molecular weight excluding hydrogens is 469 g/mol. The zero-order valence-electron chi connectivity index (χ0n) is 18.0. The molecule has 0 spiro atoms. The number of nitrogens with zero attached hydrogens (tertiary/aromatic N) is 2. The number of fused-ring (bicyclic) bond motifs is 2. The Hall–Kier alpha value is -2.40. The van der Waals surface area contributed by atoms with Gasteiger partial charge in [0.25, 0.3) is 0 Å². The number of phosphoric acid groups is 1. The molecule has 1 aliphatic heterocycles. The van der Waals surface area contributed by atoms with Gasteiger partial charge in [0.15, 0.2) is 0 Å². The maximum atomic E-state index is 13.4. The SMILES string of the molecule is CC1CC(C)CN(S(=O)(=O)c2ccc3c(N=O)c4ccccc4c(NOP(=O)(O)O)c3c2)C1. The first-order chi connectivity index (χ1) is 15.5. The van der Waals surface area contributed by atoms with Crippen molar-refractivity contribution in [2.75, 3.05) is 18.6 Å². The lowest BCUT2D eigenvalue weighted by atomic mass is 9.94. The lowest BCUT2D eigenvalue weighted by Crippen LogP contribution is -2.42. The molecule has 0 aliphatic carbocycles. The molecule has 0 radical (unpaired) electrons. The van der Waals surface area contributed by atoms with Crippen LogP contribution < -0.4 is 5.48 Å². The standard InChI is InChI=1S/C21H24N3O7PS/c1-13-9-14(2)12-24(11-13)33(29,30)15-7-8-18-19(10-15)21(23-31-32(26,27)28)17-6-4-3-5-16(17)20(18)22-25/h3-8,10,13-14,23H,9,11-12H2,1-2H3,(H2,26,27,28). The van der Waals surface area contributed by atoms with E-state index in [0.717, 1.165) is 6.42 Å². The van der Waals surface area contributed by atoms with Gasteiger partial charge in [-0.25, -0.2) is 13.0 Å². The van der Waals surface area contributed by atoms with Crippen LogP contribution in [-0.2, 0) is 19.2 Å². The molecule has 0 amide bonds. The Labute approximate surface area is 190 Å². The third-order valence-corrected chi connectivity index (χ3v) is 7.95. The van der Waals surface area contributed by atoms with E-state index < -0.39 is 17.8 Å². The van der Waals surface area contributed by atoms with Gasteiger partial charge in [-0.05, 0) is 35.6 Å². The summed E-state index contributed by atoms with van der Waals surface area (Å²) in [6, 6.07) is 10.9. The van der Waals surface area contributed by atoms with Crippen LogP contribution >= 0.6 is 7.82 Å². The number of nitrogens with one attached hydrogen (secondary N) is 1. The maximum absolute atomic E-state index is 13.4. The molecule has 1 heterocycles. The number of rotatable bonds is 6. The lowest BCUT2D eigenvalue weighted by Gasteiger charge is -2.34. The first-order valence-corrected chi connectivity index (χ1v) is 13.3. The van der Waals surface area contributed by atoms with Gasteiger partial charge in [0.2, 0.25) is 10.0 Å². The Morgan fingerprint density at radius 1 is 1.03 bits per heavy atom. The van der Waals surface area contributed by atoms with E-state index in [9.17, 15) is 27.7 Å². The monoisotopic (exact) mass is 493 g/mol. The van der Waals surface area contributed by atoms with Gasteiger partial charge in [-0.2, -0.15) is 8.93 Å². The second-order valence-electron chi connectivity index (χ2n) is 8.52. The highest BCUT2D eigenvalue weighted by Crippen LogP contribution is 2.44. The average Bonchev–Trinajstić information content (AvgIpc) is 2.75. The molecular formula is C21H24N3O7PS.